The third-order valence-corrected chi connectivity index (χ3v) is 4.37. The van der Waals surface area contributed by atoms with Gasteiger partial charge in [0.25, 0.3) is 0 Å². The summed E-state index contributed by atoms with van der Waals surface area (Å²) in [6, 6.07) is 1.94. The van der Waals surface area contributed by atoms with Crippen LogP contribution in [0.4, 0.5) is 11.8 Å². The van der Waals surface area contributed by atoms with Gasteiger partial charge in [-0.3, -0.25) is 4.79 Å². The standard InChI is InChI=1S/C15H23N5O/c1-11-10-12(11)14(21)20-8-6-19(7-9-20)13-4-5-16-15(17-13)18(2)3/h4-5,11-12H,6-10H2,1-3H3/t11-,12-/m0/s1. The molecule has 3 rings (SSSR count). The van der Waals surface area contributed by atoms with E-state index in [0.717, 1.165) is 44.4 Å². The number of anilines is 2. The zero-order valence-electron chi connectivity index (χ0n) is 13.0. The van der Waals surface area contributed by atoms with Gasteiger partial charge in [0.2, 0.25) is 11.9 Å². The Hall–Kier alpha value is -1.85. The first-order valence-electron chi connectivity index (χ1n) is 7.60. The van der Waals surface area contributed by atoms with Crippen LogP contribution in [0.5, 0.6) is 0 Å². The van der Waals surface area contributed by atoms with Gasteiger partial charge in [0.05, 0.1) is 0 Å². The van der Waals surface area contributed by atoms with E-state index >= 15 is 0 Å². The number of hydrogen-bond donors (Lipinski definition) is 0. The van der Waals surface area contributed by atoms with E-state index in [1.165, 1.54) is 0 Å². The van der Waals surface area contributed by atoms with Gasteiger partial charge >= 0.3 is 0 Å². The fraction of sp³-hybridized carbons (Fsp3) is 0.667. The average molecular weight is 289 g/mol. The maximum atomic E-state index is 12.2. The molecule has 6 nitrogen and oxygen atoms in total. The molecule has 0 aromatic carbocycles. The summed E-state index contributed by atoms with van der Waals surface area (Å²) in [6.07, 6.45) is 2.86. The summed E-state index contributed by atoms with van der Waals surface area (Å²) < 4.78 is 0. The molecule has 0 radical (unpaired) electrons. The van der Waals surface area contributed by atoms with Gasteiger partial charge in [-0.05, 0) is 18.4 Å². The van der Waals surface area contributed by atoms with Gasteiger partial charge in [-0.15, -0.1) is 0 Å². The van der Waals surface area contributed by atoms with Crippen molar-refractivity contribution in [3.8, 4) is 0 Å². The number of carbonyl (C=O) groups excluding carboxylic acids is 1. The first kappa shape index (κ1) is 14.1. The zero-order valence-corrected chi connectivity index (χ0v) is 13.0. The fourth-order valence-corrected chi connectivity index (χ4v) is 2.79. The maximum absolute atomic E-state index is 12.2. The van der Waals surface area contributed by atoms with E-state index in [1.807, 2.05) is 30.0 Å². The number of rotatable bonds is 3. The molecule has 6 heteroatoms. The smallest absolute Gasteiger partial charge is 0.226 e. The summed E-state index contributed by atoms with van der Waals surface area (Å²) in [7, 11) is 3.87. The van der Waals surface area contributed by atoms with Crippen molar-refractivity contribution in [3.05, 3.63) is 12.3 Å². The largest absolute Gasteiger partial charge is 0.353 e. The summed E-state index contributed by atoms with van der Waals surface area (Å²) in [4.78, 5) is 27.2. The highest BCUT2D eigenvalue weighted by Gasteiger charge is 2.42. The van der Waals surface area contributed by atoms with Gasteiger partial charge in [-0.25, -0.2) is 4.98 Å². The van der Waals surface area contributed by atoms with E-state index in [1.54, 1.807) is 6.20 Å². The molecule has 1 aromatic rings. The Morgan fingerprint density at radius 1 is 1.29 bits per heavy atom. The number of amides is 1. The molecule has 2 aliphatic rings. The molecule has 1 aliphatic heterocycles. The van der Waals surface area contributed by atoms with E-state index < -0.39 is 0 Å². The van der Waals surface area contributed by atoms with Crippen LogP contribution in [0, 0.1) is 11.8 Å². The molecule has 1 amide bonds. The monoisotopic (exact) mass is 289 g/mol. The van der Waals surface area contributed by atoms with Crippen LogP contribution in [0.15, 0.2) is 12.3 Å². The number of nitrogens with zero attached hydrogens (tertiary/aromatic N) is 5. The SMILES string of the molecule is C[C@H]1C[C@@H]1C(=O)N1CCN(c2ccnc(N(C)C)n2)CC1. The first-order chi connectivity index (χ1) is 10.1. The lowest BCUT2D eigenvalue weighted by atomic mass is 10.2. The molecule has 21 heavy (non-hydrogen) atoms. The minimum absolute atomic E-state index is 0.288. The third-order valence-electron chi connectivity index (χ3n) is 4.37. The molecular formula is C15H23N5O. The van der Waals surface area contributed by atoms with Crippen LogP contribution in [-0.4, -0.2) is 61.0 Å². The quantitative estimate of drug-likeness (QED) is 0.825. The van der Waals surface area contributed by atoms with Gasteiger partial charge in [0.15, 0.2) is 0 Å². The number of carbonyl (C=O) groups is 1. The molecule has 0 bridgehead atoms. The van der Waals surface area contributed by atoms with Crippen LogP contribution in [0.25, 0.3) is 0 Å². The number of piperazine rings is 1. The van der Waals surface area contributed by atoms with Crippen molar-refractivity contribution in [2.24, 2.45) is 11.8 Å². The van der Waals surface area contributed by atoms with Gasteiger partial charge < -0.3 is 14.7 Å². The maximum Gasteiger partial charge on any atom is 0.226 e. The van der Waals surface area contributed by atoms with Crippen molar-refractivity contribution < 1.29 is 4.79 Å². The minimum atomic E-state index is 0.288. The molecule has 1 saturated heterocycles. The van der Waals surface area contributed by atoms with Crippen LogP contribution in [0.3, 0.4) is 0 Å². The predicted octanol–water partition coefficient (Wildman–Crippen LogP) is 0.847. The Morgan fingerprint density at radius 3 is 2.52 bits per heavy atom. The van der Waals surface area contributed by atoms with Crippen molar-refractivity contribution in [1.82, 2.24) is 14.9 Å². The molecule has 0 spiro atoms. The predicted molar refractivity (Wildman–Crippen MR) is 82.4 cm³/mol. The van der Waals surface area contributed by atoms with Gasteiger partial charge in [0, 0.05) is 52.4 Å². The van der Waals surface area contributed by atoms with E-state index in [4.69, 9.17) is 0 Å². The second-order valence-corrected chi connectivity index (χ2v) is 6.24. The molecule has 0 N–H and O–H groups in total. The Morgan fingerprint density at radius 2 is 1.95 bits per heavy atom. The number of hydrogen-bond acceptors (Lipinski definition) is 5. The second kappa shape index (κ2) is 5.50. The van der Waals surface area contributed by atoms with Crippen molar-refractivity contribution in [1.29, 1.82) is 0 Å². The molecule has 1 aliphatic carbocycles. The van der Waals surface area contributed by atoms with E-state index in [2.05, 4.69) is 21.8 Å². The van der Waals surface area contributed by atoms with Crippen LogP contribution in [0.1, 0.15) is 13.3 Å². The highest BCUT2D eigenvalue weighted by Crippen LogP contribution is 2.39. The van der Waals surface area contributed by atoms with Crippen LogP contribution < -0.4 is 9.80 Å². The second-order valence-electron chi connectivity index (χ2n) is 6.24. The Balaban J connectivity index is 1.60. The molecule has 2 heterocycles. The lowest BCUT2D eigenvalue weighted by Crippen LogP contribution is -2.49. The highest BCUT2D eigenvalue weighted by molar-refractivity contribution is 5.81. The van der Waals surface area contributed by atoms with Crippen LogP contribution in [-0.2, 0) is 4.79 Å². The summed E-state index contributed by atoms with van der Waals surface area (Å²) in [5.41, 5.74) is 0. The van der Waals surface area contributed by atoms with Gasteiger partial charge in [-0.2, -0.15) is 4.98 Å². The minimum Gasteiger partial charge on any atom is -0.353 e. The summed E-state index contributed by atoms with van der Waals surface area (Å²) in [5.74, 6) is 2.88. The molecule has 0 unspecified atom stereocenters. The summed E-state index contributed by atoms with van der Waals surface area (Å²) >= 11 is 0. The average Bonchev–Trinajstić information content (AvgIpc) is 3.24. The van der Waals surface area contributed by atoms with E-state index in [-0.39, 0.29) is 5.92 Å². The van der Waals surface area contributed by atoms with Gasteiger partial charge in [-0.1, -0.05) is 6.92 Å². The molecular weight excluding hydrogens is 266 g/mol. The number of aromatic nitrogens is 2. The molecule has 1 aromatic heterocycles. The summed E-state index contributed by atoms with van der Waals surface area (Å²) in [6.45, 7) is 5.43. The van der Waals surface area contributed by atoms with E-state index in [0.29, 0.717) is 11.8 Å². The molecule has 114 valence electrons. The Kier molecular flexibility index (Phi) is 3.69. The Bertz CT molecular complexity index is 525. The van der Waals surface area contributed by atoms with Crippen molar-refractivity contribution in [2.45, 2.75) is 13.3 Å². The normalized spacial score (nSPS) is 24.9. The molecule has 2 atom stereocenters. The van der Waals surface area contributed by atoms with Gasteiger partial charge in [0.1, 0.15) is 5.82 Å². The topological polar surface area (TPSA) is 52.6 Å². The van der Waals surface area contributed by atoms with Crippen molar-refractivity contribution in [3.63, 3.8) is 0 Å². The highest BCUT2D eigenvalue weighted by atomic mass is 16.2. The lowest BCUT2D eigenvalue weighted by molar-refractivity contribution is -0.133. The first-order valence-corrected chi connectivity index (χ1v) is 7.60. The molecule has 2 fully saturated rings. The van der Waals surface area contributed by atoms with Crippen LogP contribution in [0.2, 0.25) is 0 Å². The lowest BCUT2D eigenvalue weighted by Gasteiger charge is -2.35. The molecule has 1 saturated carbocycles. The third kappa shape index (κ3) is 2.94. The fourth-order valence-electron chi connectivity index (χ4n) is 2.79. The van der Waals surface area contributed by atoms with Crippen molar-refractivity contribution >= 4 is 17.7 Å². The van der Waals surface area contributed by atoms with E-state index in [9.17, 15) is 4.79 Å². The Labute approximate surface area is 125 Å². The van der Waals surface area contributed by atoms with Crippen molar-refractivity contribution in [2.75, 3.05) is 50.1 Å². The summed E-state index contributed by atoms with van der Waals surface area (Å²) in [5, 5.41) is 0. The van der Waals surface area contributed by atoms with Crippen LogP contribution >= 0.6 is 0 Å². The zero-order chi connectivity index (χ0) is 15.0.